The second kappa shape index (κ2) is 8.99. The predicted molar refractivity (Wildman–Crippen MR) is 102 cm³/mol. The van der Waals surface area contributed by atoms with Crippen LogP contribution in [0.15, 0.2) is 28.8 Å². The molecule has 7 nitrogen and oxygen atoms in total. The Morgan fingerprint density at radius 3 is 2.52 bits per heavy atom. The predicted octanol–water partition coefficient (Wildman–Crippen LogP) is 2.48. The topological polar surface area (TPSA) is 71.7 Å². The lowest BCUT2D eigenvalue weighted by Crippen LogP contribution is -2.49. The first kappa shape index (κ1) is 19.4. The van der Waals surface area contributed by atoms with Gasteiger partial charge in [0, 0.05) is 39.0 Å². The quantitative estimate of drug-likeness (QED) is 0.744. The number of aryl methyl sites for hydroxylation is 2. The van der Waals surface area contributed by atoms with Gasteiger partial charge < -0.3 is 14.2 Å². The molecule has 0 saturated carbocycles. The van der Waals surface area contributed by atoms with E-state index in [9.17, 15) is 4.79 Å². The zero-order valence-electron chi connectivity index (χ0n) is 16.4. The number of aromatic nitrogens is 2. The summed E-state index contributed by atoms with van der Waals surface area (Å²) >= 11 is 0. The van der Waals surface area contributed by atoms with Crippen LogP contribution >= 0.6 is 0 Å². The molecule has 1 aromatic heterocycles. The number of hydrogen-bond acceptors (Lipinski definition) is 6. The van der Waals surface area contributed by atoms with Crippen molar-refractivity contribution >= 4 is 5.91 Å². The minimum absolute atomic E-state index is 0.0781. The van der Waals surface area contributed by atoms with Gasteiger partial charge in [-0.25, -0.2) is 0 Å². The zero-order chi connectivity index (χ0) is 19.2. The van der Waals surface area contributed by atoms with E-state index in [4.69, 9.17) is 9.26 Å². The summed E-state index contributed by atoms with van der Waals surface area (Å²) in [5, 5.41) is 3.97. The molecule has 146 valence electrons. The number of piperazine rings is 1. The van der Waals surface area contributed by atoms with Gasteiger partial charge in [-0.15, -0.1) is 0 Å². The van der Waals surface area contributed by atoms with Crippen LogP contribution in [0.1, 0.15) is 43.6 Å². The number of rotatable bonds is 7. The van der Waals surface area contributed by atoms with Gasteiger partial charge in [0.2, 0.25) is 11.8 Å². The fourth-order valence-electron chi connectivity index (χ4n) is 3.30. The van der Waals surface area contributed by atoms with Crippen molar-refractivity contribution in [3.8, 4) is 5.75 Å². The van der Waals surface area contributed by atoms with Crippen molar-refractivity contribution in [2.45, 2.75) is 39.2 Å². The van der Waals surface area contributed by atoms with Crippen molar-refractivity contribution in [1.29, 1.82) is 0 Å². The van der Waals surface area contributed by atoms with Crippen molar-refractivity contribution in [2.75, 3.05) is 33.3 Å². The number of amides is 1. The van der Waals surface area contributed by atoms with E-state index in [0.29, 0.717) is 12.3 Å². The van der Waals surface area contributed by atoms with E-state index < -0.39 is 0 Å². The van der Waals surface area contributed by atoms with Crippen LogP contribution in [0, 0.1) is 0 Å². The first-order chi connectivity index (χ1) is 13.1. The molecule has 1 atom stereocenters. The molecule has 27 heavy (non-hydrogen) atoms. The second-order valence-electron chi connectivity index (χ2n) is 6.84. The molecule has 0 spiro atoms. The maximum absolute atomic E-state index is 12.5. The first-order valence-electron chi connectivity index (χ1n) is 9.58. The number of ether oxygens (including phenoxy) is 1. The van der Waals surface area contributed by atoms with Crippen molar-refractivity contribution in [3.63, 3.8) is 0 Å². The highest BCUT2D eigenvalue weighted by Crippen LogP contribution is 2.21. The first-order valence-corrected chi connectivity index (χ1v) is 9.58. The summed E-state index contributed by atoms with van der Waals surface area (Å²) < 4.78 is 10.5. The fraction of sp³-hybridized carbons (Fsp3) is 0.550. The molecule has 7 heteroatoms. The van der Waals surface area contributed by atoms with Gasteiger partial charge in [-0.2, -0.15) is 4.98 Å². The fourth-order valence-corrected chi connectivity index (χ4v) is 3.30. The van der Waals surface area contributed by atoms with E-state index >= 15 is 0 Å². The molecule has 2 aromatic rings. The van der Waals surface area contributed by atoms with E-state index in [1.54, 1.807) is 7.11 Å². The van der Waals surface area contributed by atoms with Crippen LogP contribution in [0.25, 0.3) is 0 Å². The third-order valence-electron chi connectivity index (χ3n) is 5.16. The molecule has 0 bridgehead atoms. The zero-order valence-corrected chi connectivity index (χ0v) is 16.4. The number of carbonyl (C=O) groups excluding carboxylic acids is 1. The van der Waals surface area contributed by atoms with Gasteiger partial charge in [-0.05, 0) is 31.0 Å². The Labute approximate surface area is 160 Å². The second-order valence-corrected chi connectivity index (χ2v) is 6.84. The van der Waals surface area contributed by atoms with Gasteiger partial charge in [-0.1, -0.05) is 24.2 Å². The van der Waals surface area contributed by atoms with Crippen LogP contribution in [0.3, 0.4) is 0 Å². The normalized spacial score (nSPS) is 16.3. The molecule has 1 amide bonds. The lowest BCUT2D eigenvalue weighted by Gasteiger charge is -2.36. The average molecular weight is 372 g/mol. The maximum Gasteiger partial charge on any atom is 0.243 e. The molecular weight excluding hydrogens is 344 g/mol. The van der Waals surface area contributed by atoms with Gasteiger partial charge in [0.1, 0.15) is 5.75 Å². The van der Waals surface area contributed by atoms with Crippen LogP contribution in [0.5, 0.6) is 5.75 Å². The lowest BCUT2D eigenvalue weighted by molar-refractivity contribution is -0.133. The molecule has 1 saturated heterocycles. The van der Waals surface area contributed by atoms with E-state index in [1.807, 2.05) is 36.1 Å². The Bertz CT molecular complexity index is 736. The highest BCUT2D eigenvalue weighted by molar-refractivity contribution is 5.76. The highest BCUT2D eigenvalue weighted by Gasteiger charge is 2.27. The Balaban J connectivity index is 1.45. The Morgan fingerprint density at radius 1 is 1.22 bits per heavy atom. The van der Waals surface area contributed by atoms with Crippen LogP contribution < -0.4 is 4.74 Å². The van der Waals surface area contributed by atoms with E-state index in [2.05, 4.69) is 22.0 Å². The summed E-state index contributed by atoms with van der Waals surface area (Å²) in [6.07, 6.45) is 2.05. The van der Waals surface area contributed by atoms with Crippen molar-refractivity contribution < 1.29 is 14.1 Å². The van der Waals surface area contributed by atoms with E-state index in [1.165, 1.54) is 0 Å². The van der Waals surface area contributed by atoms with Crippen LogP contribution in [0.2, 0.25) is 0 Å². The standard InChI is InChI=1S/C20H28N4O3/c1-4-18-21-20(27-22-18)15(2)23-11-13-24(14-12-23)19(25)10-7-16-5-8-17(26-3)9-6-16/h5-6,8-9,15H,4,7,10-14H2,1-3H3/t15-/m1/s1. The molecule has 1 fully saturated rings. The van der Waals surface area contributed by atoms with Crippen molar-refractivity contribution in [2.24, 2.45) is 0 Å². The number of methoxy groups -OCH3 is 1. The molecule has 1 aromatic carbocycles. The highest BCUT2D eigenvalue weighted by atomic mass is 16.5. The Kier molecular flexibility index (Phi) is 6.45. The molecule has 1 aliphatic rings. The lowest BCUT2D eigenvalue weighted by atomic mass is 10.1. The number of carbonyl (C=O) groups is 1. The average Bonchev–Trinajstić information content (AvgIpc) is 3.21. The maximum atomic E-state index is 12.5. The molecule has 0 N–H and O–H groups in total. The molecule has 0 radical (unpaired) electrons. The molecular formula is C20H28N4O3. The van der Waals surface area contributed by atoms with Crippen molar-refractivity contribution in [1.82, 2.24) is 19.9 Å². The summed E-state index contributed by atoms with van der Waals surface area (Å²) in [6.45, 7) is 7.20. The number of nitrogens with zero attached hydrogens (tertiary/aromatic N) is 4. The summed E-state index contributed by atoms with van der Waals surface area (Å²) in [6, 6.07) is 7.97. The van der Waals surface area contributed by atoms with Crippen LogP contribution in [0.4, 0.5) is 0 Å². The van der Waals surface area contributed by atoms with Crippen LogP contribution in [-0.2, 0) is 17.6 Å². The minimum Gasteiger partial charge on any atom is -0.497 e. The molecule has 2 heterocycles. The van der Waals surface area contributed by atoms with Crippen molar-refractivity contribution in [3.05, 3.63) is 41.5 Å². The SMILES string of the molecule is CCc1noc([C@@H](C)N2CCN(C(=O)CCc3ccc(OC)cc3)CC2)n1. The molecule has 0 aliphatic carbocycles. The minimum atomic E-state index is 0.0781. The smallest absolute Gasteiger partial charge is 0.243 e. The third kappa shape index (κ3) is 4.86. The Morgan fingerprint density at radius 2 is 1.93 bits per heavy atom. The molecule has 0 unspecified atom stereocenters. The van der Waals surface area contributed by atoms with Gasteiger partial charge >= 0.3 is 0 Å². The summed E-state index contributed by atoms with van der Waals surface area (Å²) in [5.41, 5.74) is 1.15. The van der Waals surface area contributed by atoms with Gasteiger partial charge in [-0.3, -0.25) is 9.69 Å². The van der Waals surface area contributed by atoms with E-state index in [0.717, 1.165) is 56.2 Å². The largest absolute Gasteiger partial charge is 0.497 e. The van der Waals surface area contributed by atoms with Crippen LogP contribution in [-0.4, -0.2) is 59.1 Å². The van der Waals surface area contributed by atoms with Gasteiger partial charge in [0.05, 0.1) is 13.2 Å². The summed E-state index contributed by atoms with van der Waals surface area (Å²) in [5.74, 6) is 2.45. The molecule has 3 rings (SSSR count). The molecule has 1 aliphatic heterocycles. The van der Waals surface area contributed by atoms with Gasteiger partial charge in [0.15, 0.2) is 5.82 Å². The number of benzene rings is 1. The summed E-state index contributed by atoms with van der Waals surface area (Å²) in [7, 11) is 1.65. The third-order valence-corrected chi connectivity index (χ3v) is 5.16. The van der Waals surface area contributed by atoms with Gasteiger partial charge in [0.25, 0.3) is 0 Å². The summed E-state index contributed by atoms with van der Waals surface area (Å²) in [4.78, 5) is 21.2. The number of hydrogen-bond donors (Lipinski definition) is 0. The monoisotopic (exact) mass is 372 g/mol. The van der Waals surface area contributed by atoms with E-state index in [-0.39, 0.29) is 11.9 Å². The Hall–Kier alpha value is -2.41.